The van der Waals surface area contributed by atoms with Crippen molar-refractivity contribution in [3.63, 3.8) is 0 Å². The molecule has 4 heteroatoms. The number of amides is 1. The Morgan fingerprint density at radius 1 is 0.692 bits per heavy atom. The largest absolute Gasteiger partial charge is 0.463 e. The first-order valence-electron chi connectivity index (χ1n) is 10.8. The van der Waals surface area contributed by atoms with Gasteiger partial charge in [0, 0.05) is 18.7 Å². The summed E-state index contributed by atoms with van der Waals surface area (Å²) in [6.07, 6.45) is 19.6. The van der Waals surface area contributed by atoms with E-state index in [1.807, 2.05) is 0 Å². The lowest BCUT2D eigenvalue weighted by atomic mass is 10.1. The van der Waals surface area contributed by atoms with Crippen LogP contribution in [0, 0.1) is 0 Å². The number of hydrogen-bond acceptors (Lipinski definition) is 3. The van der Waals surface area contributed by atoms with Gasteiger partial charge in [-0.2, -0.15) is 0 Å². The van der Waals surface area contributed by atoms with Crippen molar-refractivity contribution >= 4 is 11.9 Å². The Balaban J connectivity index is 3.41. The van der Waals surface area contributed by atoms with E-state index in [0.29, 0.717) is 13.2 Å². The Kier molecular flexibility index (Phi) is 19.0. The zero-order chi connectivity index (χ0) is 19.3. The van der Waals surface area contributed by atoms with Crippen LogP contribution in [0.1, 0.15) is 104 Å². The molecule has 1 amide bonds. The zero-order valence-electron chi connectivity index (χ0n) is 17.2. The second kappa shape index (κ2) is 20.0. The first-order valence-corrected chi connectivity index (χ1v) is 10.8. The van der Waals surface area contributed by atoms with E-state index in [1.54, 1.807) is 0 Å². The van der Waals surface area contributed by atoms with Crippen molar-refractivity contribution in [2.75, 3.05) is 13.2 Å². The van der Waals surface area contributed by atoms with Crippen molar-refractivity contribution in [1.29, 1.82) is 0 Å². The number of unbranched alkanes of at least 4 members (excludes halogenated alkanes) is 12. The van der Waals surface area contributed by atoms with Crippen LogP contribution in [0.15, 0.2) is 12.2 Å². The molecule has 0 saturated heterocycles. The fraction of sp³-hybridized carbons (Fsp3) is 0.818. The Hall–Kier alpha value is -1.32. The minimum Gasteiger partial charge on any atom is -0.463 e. The highest BCUT2D eigenvalue weighted by Gasteiger charge is 2.00. The number of hydrogen-bond donors (Lipinski definition) is 1. The van der Waals surface area contributed by atoms with Gasteiger partial charge in [0.05, 0.1) is 6.61 Å². The van der Waals surface area contributed by atoms with Gasteiger partial charge in [0.25, 0.3) is 0 Å². The standard InChI is InChI=1S/C22H41NO3/c1-3-5-7-9-10-11-12-13-14-15-19-23-21(24)17-18-22(25)26-20-16-8-6-4-2/h17-18H,3-16,19-20H2,1-2H3,(H,23,24)/b18-17+. The highest BCUT2D eigenvalue weighted by atomic mass is 16.5. The first kappa shape index (κ1) is 24.7. The molecule has 0 unspecified atom stereocenters. The normalized spacial score (nSPS) is 11.0. The molecule has 0 spiro atoms. The lowest BCUT2D eigenvalue weighted by molar-refractivity contribution is -0.138. The molecule has 0 aromatic heterocycles. The van der Waals surface area contributed by atoms with E-state index >= 15 is 0 Å². The molecule has 0 saturated carbocycles. The second-order valence-corrected chi connectivity index (χ2v) is 7.03. The maximum atomic E-state index is 11.6. The molecule has 0 aliphatic carbocycles. The van der Waals surface area contributed by atoms with Gasteiger partial charge in [-0.05, 0) is 12.8 Å². The maximum absolute atomic E-state index is 11.6. The van der Waals surface area contributed by atoms with Crippen LogP contribution in [-0.4, -0.2) is 25.0 Å². The lowest BCUT2D eigenvalue weighted by Crippen LogP contribution is -2.22. The van der Waals surface area contributed by atoms with Gasteiger partial charge in [0.15, 0.2) is 0 Å². The number of nitrogens with one attached hydrogen (secondary N) is 1. The fourth-order valence-corrected chi connectivity index (χ4v) is 2.78. The predicted molar refractivity (Wildman–Crippen MR) is 109 cm³/mol. The van der Waals surface area contributed by atoms with Crippen molar-refractivity contribution in [2.45, 2.75) is 104 Å². The van der Waals surface area contributed by atoms with Crippen LogP contribution in [-0.2, 0) is 14.3 Å². The van der Waals surface area contributed by atoms with Gasteiger partial charge >= 0.3 is 5.97 Å². The molecule has 4 nitrogen and oxygen atoms in total. The second-order valence-electron chi connectivity index (χ2n) is 7.03. The number of ether oxygens (including phenoxy) is 1. The molecule has 0 heterocycles. The number of carbonyl (C=O) groups is 2. The van der Waals surface area contributed by atoms with Crippen LogP contribution >= 0.6 is 0 Å². The summed E-state index contributed by atoms with van der Waals surface area (Å²) in [6, 6.07) is 0. The quantitative estimate of drug-likeness (QED) is 0.192. The van der Waals surface area contributed by atoms with Gasteiger partial charge in [0.2, 0.25) is 5.91 Å². The third-order valence-corrected chi connectivity index (χ3v) is 4.44. The molecule has 1 N–H and O–H groups in total. The molecule has 0 bridgehead atoms. The van der Waals surface area contributed by atoms with Gasteiger partial charge in [-0.1, -0.05) is 90.9 Å². The van der Waals surface area contributed by atoms with E-state index in [2.05, 4.69) is 19.2 Å². The van der Waals surface area contributed by atoms with E-state index in [1.165, 1.54) is 63.5 Å². The SMILES string of the molecule is CCCCCCCCCCCCNC(=O)/C=C/C(=O)OCCCCCC. The summed E-state index contributed by atoms with van der Waals surface area (Å²) in [7, 11) is 0. The monoisotopic (exact) mass is 367 g/mol. The summed E-state index contributed by atoms with van der Waals surface area (Å²) in [4.78, 5) is 23.1. The smallest absolute Gasteiger partial charge is 0.330 e. The summed E-state index contributed by atoms with van der Waals surface area (Å²) in [5, 5.41) is 2.81. The average molecular weight is 368 g/mol. The summed E-state index contributed by atoms with van der Waals surface area (Å²) < 4.78 is 5.04. The Bertz CT molecular complexity index is 366. The Morgan fingerprint density at radius 2 is 1.19 bits per heavy atom. The van der Waals surface area contributed by atoms with E-state index in [0.717, 1.165) is 38.5 Å². The van der Waals surface area contributed by atoms with Crippen molar-refractivity contribution in [2.24, 2.45) is 0 Å². The zero-order valence-corrected chi connectivity index (χ0v) is 17.2. The van der Waals surface area contributed by atoms with Crippen LogP contribution in [0.5, 0.6) is 0 Å². The van der Waals surface area contributed by atoms with Gasteiger partial charge in [-0.25, -0.2) is 4.79 Å². The van der Waals surface area contributed by atoms with Crippen LogP contribution in [0.4, 0.5) is 0 Å². The third kappa shape index (κ3) is 19.0. The minimum absolute atomic E-state index is 0.219. The van der Waals surface area contributed by atoms with Crippen molar-refractivity contribution in [3.05, 3.63) is 12.2 Å². The Labute approximate surface area is 161 Å². The summed E-state index contributed by atoms with van der Waals surface area (Å²) >= 11 is 0. The maximum Gasteiger partial charge on any atom is 0.330 e. The van der Waals surface area contributed by atoms with Crippen LogP contribution in [0.3, 0.4) is 0 Å². The number of carbonyl (C=O) groups excluding carboxylic acids is 2. The summed E-state index contributed by atoms with van der Waals surface area (Å²) in [6.45, 7) is 5.49. The molecule has 0 aliphatic heterocycles. The lowest BCUT2D eigenvalue weighted by Gasteiger charge is -2.04. The van der Waals surface area contributed by atoms with E-state index in [9.17, 15) is 9.59 Å². The molecule has 152 valence electrons. The number of esters is 1. The van der Waals surface area contributed by atoms with Crippen molar-refractivity contribution < 1.29 is 14.3 Å². The molecule has 0 rings (SSSR count). The Morgan fingerprint density at radius 3 is 1.77 bits per heavy atom. The fourth-order valence-electron chi connectivity index (χ4n) is 2.78. The summed E-state index contributed by atoms with van der Waals surface area (Å²) in [5.74, 6) is -0.653. The average Bonchev–Trinajstić information content (AvgIpc) is 2.64. The highest BCUT2D eigenvalue weighted by Crippen LogP contribution is 2.10. The number of rotatable bonds is 18. The molecule has 0 radical (unpaired) electrons. The molecule has 26 heavy (non-hydrogen) atoms. The van der Waals surface area contributed by atoms with Crippen molar-refractivity contribution in [1.82, 2.24) is 5.32 Å². The predicted octanol–water partition coefficient (Wildman–Crippen LogP) is 5.70. The van der Waals surface area contributed by atoms with Gasteiger partial charge in [0.1, 0.15) is 0 Å². The molecule has 0 aliphatic rings. The van der Waals surface area contributed by atoms with E-state index in [4.69, 9.17) is 4.74 Å². The third-order valence-electron chi connectivity index (χ3n) is 4.44. The van der Waals surface area contributed by atoms with Gasteiger partial charge < -0.3 is 10.1 Å². The topological polar surface area (TPSA) is 55.4 Å². The van der Waals surface area contributed by atoms with Crippen LogP contribution in [0.2, 0.25) is 0 Å². The summed E-state index contributed by atoms with van der Waals surface area (Å²) in [5.41, 5.74) is 0. The van der Waals surface area contributed by atoms with Crippen LogP contribution < -0.4 is 5.32 Å². The molecule has 0 atom stereocenters. The van der Waals surface area contributed by atoms with Gasteiger partial charge in [-0.15, -0.1) is 0 Å². The molecular formula is C22H41NO3. The van der Waals surface area contributed by atoms with E-state index in [-0.39, 0.29) is 5.91 Å². The molecule has 0 fully saturated rings. The van der Waals surface area contributed by atoms with Gasteiger partial charge in [-0.3, -0.25) is 4.79 Å². The van der Waals surface area contributed by atoms with Crippen LogP contribution in [0.25, 0.3) is 0 Å². The van der Waals surface area contributed by atoms with E-state index < -0.39 is 5.97 Å². The first-order chi connectivity index (χ1) is 12.7. The molecule has 0 aromatic rings. The highest BCUT2D eigenvalue weighted by molar-refractivity contribution is 5.94. The molecular weight excluding hydrogens is 326 g/mol. The minimum atomic E-state index is -0.435. The molecule has 0 aromatic carbocycles. The van der Waals surface area contributed by atoms with Crippen molar-refractivity contribution in [3.8, 4) is 0 Å².